The number of hydrogen-bond donors (Lipinski definition) is 1. The number of hydrogen-bond acceptors (Lipinski definition) is 5. The van der Waals surface area contributed by atoms with Gasteiger partial charge in [-0.1, -0.05) is 18.6 Å². The molecule has 2 atom stereocenters. The van der Waals surface area contributed by atoms with Crippen LogP contribution in [0.3, 0.4) is 0 Å². The number of carbonyl (C=O) groups is 1. The van der Waals surface area contributed by atoms with Gasteiger partial charge in [0.25, 0.3) is 0 Å². The van der Waals surface area contributed by atoms with E-state index >= 15 is 0 Å². The number of nitrogens with zero attached hydrogens (tertiary/aromatic N) is 1. The van der Waals surface area contributed by atoms with E-state index in [9.17, 15) is 9.90 Å². The Morgan fingerprint density at radius 2 is 2.12 bits per heavy atom. The molecule has 1 N–H and O–H groups in total. The van der Waals surface area contributed by atoms with E-state index in [4.69, 9.17) is 9.47 Å². The average molecular weight is 361 g/mol. The van der Waals surface area contributed by atoms with Crippen LogP contribution >= 0.6 is 11.3 Å². The van der Waals surface area contributed by atoms with Crippen LogP contribution < -0.4 is 9.47 Å². The lowest BCUT2D eigenvalue weighted by molar-refractivity contribution is -0.145. The predicted molar refractivity (Wildman–Crippen MR) is 97.7 cm³/mol. The number of para-hydroxylation sites is 1. The van der Waals surface area contributed by atoms with Gasteiger partial charge in [-0.15, -0.1) is 0 Å². The van der Waals surface area contributed by atoms with Crippen molar-refractivity contribution in [1.29, 1.82) is 0 Å². The SMILES string of the molecule is COc1cccc(C(c2ccsc2)N2CCCCC2C(=O)O)c1OC. The van der Waals surface area contributed by atoms with E-state index in [1.807, 2.05) is 23.6 Å². The largest absolute Gasteiger partial charge is 0.493 e. The van der Waals surface area contributed by atoms with Crippen molar-refractivity contribution in [3.8, 4) is 11.5 Å². The Bertz CT molecular complexity index is 716. The third-order valence-corrected chi connectivity index (χ3v) is 5.45. The molecule has 1 fully saturated rings. The van der Waals surface area contributed by atoms with Gasteiger partial charge in [0.05, 0.1) is 20.3 Å². The van der Waals surface area contributed by atoms with Crippen molar-refractivity contribution in [2.45, 2.75) is 31.3 Å². The summed E-state index contributed by atoms with van der Waals surface area (Å²) in [4.78, 5) is 13.9. The van der Waals surface area contributed by atoms with Gasteiger partial charge in [-0.05, 0) is 47.8 Å². The van der Waals surface area contributed by atoms with Crippen molar-refractivity contribution in [3.63, 3.8) is 0 Å². The molecule has 0 radical (unpaired) electrons. The lowest BCUT2D eigenvalue weighted by Crippen LogP contribution is -2.46. The number of ether oxygens (including phenoxy) is 2. The maximum atomic E-state index is 11.9. The van der Waals surface area contributed by atoms with E-state index in [0.717, 1.165) is 30.5 Å². The van der Waals surface area contributed by atoms with Crippen LogP contribution in [0.5, 0.6) is 11.5 Å². The van der Waals surface area contributed by atoms with Gasteiger partial charge in [-0.3, -0.25) is 9.69 Å². The summed E-state index contributed by atoms with van der Waals surface area (Å²) in [7, 11) is 3.24. The molecule has 3 rings (SSSR count). The number of thiophene rings is 1. The predicted octanol–water partition coefficient (Wildman–Crippen LogP) is 3.79. The van der Waals surface area contributed by atoms with Crippen LogP contribution in [-0.2, 0) is 4.79 Å². The highest BCUT2D eigenvalue weighted by Gasteiger charge is 2.36. The molecular weight excluding hydrogens is 338 g/mol. The number of rotatable bonds is 6. The first-order chi connectivity index (χ1) is 12.2. The number of aliphatic carboxylic acids is 1. The summed E-state index contributed by atoms with van der Waals surface area (Å²) >= 11 is 1.61. The third kappa shape index (κ3) is 3.50. The van der Waals surface area contributed by atoms with E-state index in [-0.39, 0.29) is 6.04 Å². The summed E-state index contributed by atoms with van der Waals surface area (Å²) < 4.78 is 11.1. The monoisotopic (exact) mass is 361 g/mol. The van der Waals surface area contributed by atoms with Gasteiger partial charge in [-0.25, -0.2) is 0 Å². The van der Waals surface area contributed by atoms with Gasteiger partial charge < -0.3 is 14.6 Å². The summed E-state index contributed by atoms with van der Waals surface area (Å²) in [6, 6.07) is 7.18. The van der Waals surface area contributed by atoms with Gasteiger partial charge in [0.15, 0.2) is 11.5 Å². The normalized spacial score (nSPS) is 19.4. The molecule has 1 aliphatic heterocycles. The Balaban J connectivity index is 2.12. The molecule has 1 aromatic heterocycles. The highest BCUT2D eigenvalue weighted by atomic mass is 32.1. The highest BCUT2D eigenvalue weighted by molar-refractivity contribution is 7.08. The van der Waals surface area contributed by atoms with Crippen molar-refractivity contribution < 1.29 is 19.4 Å². The molecule has 0 spiro atoms. The zero-order valence-electron chi connectivity index (χ0n) is 14.5. The minimum Gasteiger partial charge on any atom is -0.493 e. The highest BCUT2D eigenvalue weighted by Crippen LogP contribution is 2.42. The molecule has 2 aromatic rings. The smallest absolute Gasteiger partial charge is 0.320 e. The Kier molecular flexibility index (Phi) is 5.60. The van der Waals surface area contributed by atoms with Gasteiger partial charge in [0.2, 0.25) is 0 Å². The van der Waals surface area contributed by atoms with E-state index in [1.54, 1.807) is 25.6 Å². The van der Waals surface area contributed by atoms with Crippen LogP contribution in [0.1, 0.15) is 36.4 Å². The molecule has 0 aliphatic carbocycles. The van der Waals surface area contributed by atoms with E-state index in [1.165, 1.54) is 0 Å². The van der Waals surface area contributed by atoms with Crippen molar-refractivity contribution in [2.24, 2.45) is 0 Å². The fraction of sp³-hybridized carbons (Fsp3) is 0.421. The summed E-state index contributed by atoms with van der Waals surface area (Å²) in [6.45, 7) is 0.748. The molecule has 1 aromatic carbocycles. The van der Waals surface area contributed by atoms with Gasteiger partial charge >= 0.3 is 5.97 Å². The molecule has 0 amide bonds. The summed E-state index contributed by atoms with van der Waals surface area (Å²) in [6.07, 6.45) is 2.61. The number of likely N-dealkylation sites (tertiary alicyclic amines) is 1. The zero-order valence-corrected chi connectivity index (χ0v) is 15.3. The van der Waals surface area contributed by atoms with Crippen LogP contribution in [0.25, 0.3) is 0 Å². The summed E-state index contributed by atoms with van der Waals surface area (Å²) in [5.74, 6) is 0.557. The Morgan fingerprint density at radius 1 is 1.28 bits per heavy atom. The Hall–Kier alpha value is -2.05. The van der Waals surface area contributed by atoms with Crippen LogP contribution in [0, 0.1) is 0 Å². The third-order valence-electron chi connectivity index (χ3n) is 4.75. The first kappa shape index (κ1) is 17.8. The van der Waals surface area contributed by atoms with E-state index in [2.05, 4.69) is 16.3 Å². The molecule has 0 bridgehead atoms. The molecule has 0 saturated carbocycles. The lowest BCUT2D eigenvalue weighted by Gasteiger charge is -2.39. The molecule has 1 aliphatic rings. The number of piperidine rings is 1. The van der Waals surface area contributed by atoms with Gasteiger partial charge in [0.1, 0.15) is 6.04 Å². The van der Waals surface area contributed by atoms with Gasteiger partial charge in [0, 0.05) is 5.56 Å². The van der Waals surface area contributed by atoms with Crippen molar-refractivity contribution in [3.05, 3.63) is 46.2 Å². The van der Waals surface area contributed by atoms with Gasteiger partial charge in [-0.2, -0.15) is 11.3 Å². The lowest BCUT2D eigenvalue weighted by atomic mass is 9.92. The molecule has 2 unspecified atom stereocenters. The quantitative estimate of drug-likeness (QED) is 0.848. The van der Waals surface area contributed by atoms with E-state index in [0.29, 0.717) is 17.9 Å². The maximum Gasteiger partial charge on any atom is 0.320 e. The van der Waals surface area contributed by atoms with Crippen LogP contribution in [-0.4, -0.2) is 42.8 Å². The van der Waals surface area contributed by atoms with E-state index < -0.39 is 12.0 Å². The number of carboxylic acid groups (broad SMARTS) is 1. The molecule has 6 heteroatoms. The second-order valence-electron chi connectivity index (χ2n) is 6.13. The van der Waals surface area contributed by atoms with Crippen LogP contribution in [0.2, 0.25) is 0 Å². The second-order valence-corrected chi connectivity index (χ2v) is 6.91. The molecule has 2 heterocycles. The molecular formula is C19H23NO4S. The standard InChI is InChI=1S/C19H23NO4S/c1-23-16-8-5-6-14(18(16)24-2)17(13-9-11-25-12-13)20-10-4-3-7-15(20)19(21)22/h5-6,8-9,11-12,15,17H,3-4,7,10H2,1-2H3,(H,21,22). The van der Waals surface area contributed by atoms with Crippen LogP contribution in [0.4, 0.5) is 0 Å². The fourth-order valence-electron chi connectivity index (χ4n) is 3.64. The molecule has 5 nitrogen and oxygen atoms in total. The number of benzene rings is 1. The van der Waals surface area contributed by atoms with Crippen molar-refractivity contribution >= 4 is 17.3 Å². The number of carboxylic acids is 1. The van der Waals surface area contributed by atoms with Crippen LogP contribution in [0.15, 0.2) is 35.0 Å². The van der Waals surface area contributed by atoms with Crippen molar-refractivity contribution in [2.75, 3.05) is 20.8 Å². The first-order valence-corrected chi connectivity index (χ1v) is 9.33. The average Bonchev–Trinajstić information content (AvgIpc) is 3.16. The Morgan fingerprint density at radius 3 is 2.76 bits per heavy atom. The minimum absolute atomic E-state index is 0.169. The number of methoxy groups -OCH3 is 2. The summed E-state index contributed by atoms with van der Waals surface area (Å²) in [5.41, 5.74) is 2.03. The summed E-state index contributed by atoms with van der Waals surface area (Å²) in [5, 5.41) is 13.8. The zero-order chi connectivity index (χ0) is 17.8. The molecule has 1 saturated heterocycles. The van der Waals surface area contributed by atoms with Crippen molar-refractivity contribution in [1.82, 2.24) is 4.90 Å². The first-order valence-electron chi connectivity index (χ1n) is 8.39. The minimum atomic E-state index is -0.762. The fourth-order valence-corrected chi connectivity index (χ4v) is 4.31. The Labute approximate surface area is 151 Å². The topological polar surface area (TPSA) is 59.0 Å². The molecule has 134 valence electrons. The maximum absolute atomic E-state index is 11.9. The second kappa shape index (κ2) is 7.89. The molecule has 25 heavy (non-hydrogen) atoms.